The predicted octanol–water partition coefficient (Wildman–Crippen LogP) is 3.45. The lowest BCUT2D eigenvalue weighted by Gasteiger charge is -2.09. The van der Waals surface area contributed by atoms with Gasteiger partial charge in [-0.15, -0.1) is 6.58 Å². The number of aliphatic hydroxyl groups excluding tert-OH is 1. The highest BCUT2D eigenvalue weighted by Gasteiger charge is 2.05. The highest BCUT2D eigenvalue weighted by molar-refractivity contribution is 5.83. The number of rotatable bonds is 3. The Morgan fingerprint density at radius 1 is 1.13 bits per heavy atom. The Labute approximate surface area is 89.7 Å². The summed E-state index contributed by atoms with van der Waals surface area (Å²) in [6, 6.07) is 14.2. The summed E-state index contributed by atoms with van der Waals surface area (Å²) in [5, 5.41) is 12.2. The smallest absolute Gasteiger partial charge is 0.0824 e. The summed E-state index contributed by atoms with van der Waals surface area (Å²) in [7, 11) is 0. The molecule has 0 bridgehead atoms. The Balaban J connectivity index is 2.42. The van der Waals surface area contributed by atoms with Gasteiger partial charge in [-0.3, -0.25) is 0 Å². The average molecular weight is 198 g/mol. The Bertz CT molecular complexity index is 473. The van der Waals surface area contributed by atoms with E-state index in [4.69, 9.17) is 0 Å². The van der Waals surface area contributed by atoms with E-state index in [-0.39, 0.29) is 0 Å². The second-order valence-electron chi connectivity index (χ2n) is 3.65. The third-order valence-electron chi connectivity index (χ3n) is 2.55. The normalized spacial score (nSPS) is 12.6. The minimum Gasteiger partial charge on any atom is -0.388 e. The van der Waals surface area contributed by atoms with Crippen LogP contribution in [0.2, 0.25) is 0 Å². The quantitative estimate of drug-likeness (QED) is 0.749. The van der Waals surface area contributed by atoms with Gasteiger partial charge in [-0.2, -0.15) is 0 Å². The van der Waals surface area contributed by atoms with E-state index in [0.29, 0.717) is 6.42 Å². The molecule has 0 aliphatic carbocycles. The molecule has 0 fully saturated rings. The van der Waals surface area contributed by atoms with Crippen molar-refractivity contribution in [3.63, 3.8) is 0 Å². The van der Waals surface area contributed by atoms with E-state index in [1.165, 1.54) is 5.39 Å². The number of fused-ring (bicyclic) bond motifs is 1. The van der Waals surface area contributed by atoms with Gasteiger partial charge in [0.25, 0.3) is 0 Å². The molecule has 0 radical (unpaired) electrons. The first-order valence-electron chi connectivity index (χ1n) is 5.09. The molecule has 0 aliphatic rings. The molecule has 1 atom stereocenters. The van der Waals surface area contributed by atoms with Gasteiger partial charge in [0.1, 0.15) is 0 Å². The van der Waals surface area contributed by atoms with Crippen LogP contribution in [0.1, 0.15) is 18.1 Å². The third kappa shape index (κ3) is 2.08. The van der Waals surface area contributed by atoms with Crippen LogP contribution in [-0.4, -0.2) is 5.11 Å². The zero-order chi connectivity index (χ0) is 10.7. The summed E-state index contributed by atoms with van der Waals surface area (Å²) in [5.74, 6) is 0. The van der Waals surface area contributed by atoms with Crippen LogP contribution in [0.4, 0.5) is 0 Å². The van der Waals surface area contributed by atoms with E-state index in [0.717, 1.165) is 10.9 Å². The molecule has 1 heteroatoms. The summed E-state index contributed by atoms with van der Waals surface area (Å²) in [6.07, 6.45) is 1.89. The lowest BCUT2D eigenvalue weighted by atomic mass is 10.0. The fourth-order valence-corrected chi connectivity index (χ4v) is 1.71. The largest absolute Gasteiger partial charge is 0.388 e. The van der Waals surface area contributed by atoms with Gasteiger partial charge in [0.2, 0.25) is 0 Å². The molecule has 0 saturated carbocycles. The van der Waals surface area contributed by atoms with Crippen molar-refractivity contribution in [2.24, 2.45) is 0 Å². The van der Waals surface area contributed by atoms with E-state index in [1.807, 2.05) is 30.3 Å². The average Bonchev–Trinajstić information content (AvgIpc) is 2.29. The number of benzene rings is 2. The maximum absolute atomic E-state index is 9.81. The zero-order valence-electron chi connectivity index (χ0n) is 8.56. The Morgan fingerprint density at radius 2 is 1.87 bits per heavy atom. The maximum Gasteiger partial charge on any atom is 0.0824 e. The molecule has 2 aromatic carbocycles. The van der Waals surface area contributed by atoms with Gasteiger partial charge >= 0.3 is 0 Å². The first-order chi connectivity index (χ1) is 7.31. The van der Waals surface area contributed by atoms with Crippen LogP contribution in [-0.2, 0) is 0 Å². The van der Waals surface area contributed by atoms with Crippen molar-refractivity contribution in [3.8, 4) is 0 Å². The molecule has 0 unspecified atom stereocenters. The van der Waals surface area contributed by atoms with Crippen molar-refractivity contribution in [2.45, 2.75) is 12.5 Å². The molecule has 0 aromatic heterocycles. The van der Waals surface area contributed by atoms with E-state index < -0.39 is 6.10 Å². The summed E-state index contributed by atoms with van der Waals surface area (Å²) in [5.41, 5.74) is 0.952. The topological polar surface area (TPSA) is 20.2 Å². The lowest BCUT2D eigenvalue weighted by Crippen LogP contribution is -1.94. The zero-order valence-corrected chi connectivity index (χ0v) is 8.56. The first kappa shape index (κ1) is 9.94. The predicted molar refractivity (Wildman–Crippen MR) is 63.7 cm³/mol. The summed E-state index contributed by atoms with van der Waals surface area (Å²) in [6.45, 7) is 3.63. The Hall–Kier alpha value is -1.60. The second kappa shape index (κ2) is 4.28. The molecule has 2 rings (SSSR count). The lowest BCUT2D eigenvalue weighted by molar-refractivity contribution is 0.182. The van der Waals surface area contributed by atoms with Crippen LogP contribution < -0.4 is 0 Å². The van der Waals surface area contributed by atoms with Crippen LogP contribution in [0.25, 0.3) is 10.8 Å². The highest BCUT2D eigenvalue weighted by Crippen LogP contribution is 2.22. The Kier molecular flexibility index (Phi) is 2.84. The van der Waals surface area contributed by atoms with Gasteiger partial charge in [-0.1, -0.05) is 42.5 Å². The standard InChI is InChI=1S/C14H14O/c1-2-5-14(15)13-9-8-11-6-3-4-7-12(11)10-13/h2-4,6-10,14-15H,1,5H2/t14-/m1/s1. The molecule has 15 heavy (non-hydrogen) atoms. The van der Waals surface area contributed by atoms with Gasteiger partial charge in [-0.25, -0.2) is 0 Å². The van der Waals surface area contributed by atoms with E-state index in [2.05, 4.69) is 18.7 Å². The number of aliphatic hydroxyl groups is 1. The number of hydrogen-bond donors (Lipinski definition) is 1. The summed E-state index contributed by atoms with van der Waals surface area (Å²) >= 11 is 0. The van der Waals surface area contributed by atoms with Gasteiger partial charge < -0.3 is 5.11 Å². The van der Waals surface area contributed by atoms with Crippen LogP contribution in [0, 0.1) is 0 Å². The van der Waals surface area contributed by atoms with Crippen molar-refractivity contribution >= 4 is 10.8 Å². The molecule has 0 saturated heterocycles. The molecule has 1 N–H and O–H groups in total. The minimum absolute atomic E-state index is 0.438. The second-order valence-corrected chi connectivity index (χ2v) is 3.65. The van der Waals surface area contributed by atoms with Crippen LogP contribution in [0.15, 0.2) is 55.1 Å². The molecule has 76 valence electrons. The summed E-state index contributed by atoms with van der Waals surface area (Å²) < 4.78 is 0. The van der Waals surface area contributed by atoms with Crippen molar-refractivity contribution in [3.05, 3.63) is 60.7 Å². The van der Waals surface area contributed by atoms with Crippen molar-refractivity contribution in [1.29, 1.82) is 0 Å². The van der Waals surface area contributed by atoms with Crippen molar-refractivity contribution in [1.82, 2.24) is 0 Å². The van der Waals surface area contributed by atoms with Crippen molar-refractivity contribution in [2.75, 3.05) is 0 Å². The SMILES string of the molecule is C=CC[C@@H](O)c1ccc2ccccc2c1. The van der Waals surface area contributed by atoms with E-state index in [1.54, 1.807) is 6.08 Å². The summed E-state index contributed by atoms with van der Waals surface area (Å²) in [4.78, 5) is 0. The molecule has 0 heterocycles. The third-order valence-corrected chi connectivity index (χ3v) is 2.55. The van der Waals surface area contributed by atoms with Gasteiger partial charge in [-0.05, 0) is 28.8 Å². The highest BCUT2D eigenvalue weighted by atomic mass is 16.3. The fraction of sp³-hybridized carbons (Fsp3) is 0.143. The van der Waals surface area contributed by atoms with E-state index in [9.17, 15) is 5.11 Å². The van der Waals surface area contributed by atoms with Crippen LogP contribution in [0.3, 0.4) is 0 Å². The van der Waals surface area contributed by atoms with Gasteiger partial charge in [0, 0.05) is 0 Å². The van der Waals surface area contributed by atoms with Crippen molar-refractivity contribution < 1.29 is 5.11 Å². The first-order valence-corrected chi connectivity index (χ1v) is 5.09. The molecule has 0 aliphatic heterocycles. The molecule has 0 spiro atoms. The molecule has 0 amide bonds. The Morgan fingerprint density at radius 3 is 2.60 bits per heavy atom. The molecular weight excluding hydrogens is 184 g/mol. The number of hydrogen-bond acceptors (Lipinski definition) is 1. The van der Waals surface area contributed by atoms with Gasteiger partial charge in [0.15, 0.2) is 0 Å². The molecule has 1 nitrogen and oxygen atoms in total. The van der Waals surface area contributed by atoms with E-state index >= 15 is 0 Å². The van der Waals surface area contributed by atoms with Crippen LogP contribution >= 0.6 is 0 Å². The maximum atomic E-state index is 9.81. The minimum atomic E-state index is -0.438. The fourth-order valence-electron chi connectivity index (χ4n) is 1.71. The van der Waals surface area contributed by atoms with Gasteiger partial charge in [0.05, 0.1) is 6.10 Å². The molecule has 2 aromatic rings. The van der Waals surface area contributed by atoms with Crippen LogP contribution in [0.5, 0.6) is 0 Å². The molecular formula is C14H14O. The monoisotopic (exact) mass is 198 g/mol.